The largest absolute Gasteiger partial charge is 0.496 e. The molecule has 2 saturated heterocycles. The van der Waals surface area contributed by atoms with Crippen LogP contribution in [0.4, 0.5) is 5.69 Å². The van der Waals surface area contributed by atoms with Gasteiger partial charge in [-0.15, -0.1) is 11.3 Å². The monoisotopic (exact) mass is 1050 g/mol. The van der Waals surface area contributed by atoms with E-state index in [2.05, 4.69) is 31.6 Å². The number of carbonyl (C=O) groups excluding carboxylic acids is 4. The second kappa shape index (κ2) is 24.6. The third-order valence-corrected chi connectivity index (χ3v) is 16.6. The molecule has 390 valence electrons. The number of β-amino-alcohol motifs (C(OH)–C–C–N with tert-alkyl or cyclic N) is 1. The molecule has 18 heteroatoms. The zero-order valence-electron chi connectivity index (χ0n) is 43.2. The number of carbonyl (C=O) groups is 4. The van der Waals surface area contributed by atoms with Crippen LogP contribution in [0.25, 0.3) is 10.4 Å². The average molecular weight is 1050 g/mol. The Morgan fingerprint density at radius 1 is 0.918 bits per heavy atom. The van der Waals surface area contributed by atoms with Gasteiger partial charge in [-0.25, -0.2) is 15.0 Å². The highest BCUT2D eigenvalue weighted by atomic mass is 35.5. The Labute approximate surface area is 438 Å². The van der Waals surface area contributed by atoms with Crippen LogP contribution in [-0.4, -0.2) is 125 Å². The van der Waals surface area contributed by atoms with Crippen molar-refractivity contribution >= 4 is 64.7 Å². The van der Waals surface area contributed by atoms with Crippen molar-refractivity contribution in [3.8, 4) is 16.2 Å². The van der Waals surface area contributed by atoms with Gasteiger partial charge >= 0.3 is 0 Å². The number of aliphatic hydroxyl groups is 1. The SMILES string of the molecule is COc1cc(N2CCN(C(=O)CCCCCCC(=O)N[C@H](C(=O)N3C[C@H](O)C[C@H]3C(=O)NCc3ccc(-c4scnc4C)cc3)C(C)(C)C)CC2)ccc1Cc1ncc(Cl)c(Cc2ccccc2P(C)(C)=O)n1. The number of hydrogen-bond donors (Lipinski definition) is 3. The molecule has 3 aromatic carbocycles. The first-order valence-electron chi connectivity index (χ1n) is 25.2. The van der Waals surface area contributed by atoms with E-state index in [1.54, 1.807) is 38.0 Å². The minimum absolute atomic E-state index is 0.00783. The van der Waals surface area contributed by atoms with E-state index >= 15 is 0 Å². The summed E-state index contributed by atoms with van der Waals surface area (Å²) in [7, 11) is -0.855. The number of amides is 4. The number of aromatic nitrogens is 3. The highest BCUT2D eigenvalue weighted by Gasteiger charge is 2.44. The van der Waals surface area contributed by atoms with E-state index in [4.69, 9.17) is 21.3 Å². The van der Waals surface area contributed by atoms with Crippen LogP contribution < -0.4 is 25.6 Å². The smallest absolute Gasteiger partial charge is 0.246 e. The summed E-state index contributed by atoms with van der Waals surface area (Å²) in [5.41, 5.74) is 7.63. The number of anilines is 1. The number of piperazine rings is 1. The van der Waals surface area contributed by atoms with E-state index in [-0.39, 0.29) is 43.7 Å². The van der Waals surface area contributed by atoms with Crippen LogP contribution >= 0.6 is 30.1 Å². The third kappa shape index (κ3) is 14.6. The van der Waals surface area contributed by atoms with Crippen molar-refractivity contribution in [2.24, 2.45) is 5.41 Å². The minimum atomic E-state index is -2.50. The van der Waals surface area contributed by atoms with Crippen molar-refractivity contribution in [3.05, 3.63) is 117 Å². The van der Waals surface area contributed by atoms with Gasteiger partial charge in [-0.2, -0.15) is 0 Å². The highest BCUT2D eigenvalue weighted by molar-refractivity contribution is 7.70. The summed E-state index contributed by atoms with van der Waals surface area (Å²) in [6, 6.07) is 20.0. The number of benzene rings is 3. The lowest BCUT2D eigenvalue weighted by Crippen LogP contribution is -2.57. The van der Waals surface area contributed by atoms with Gasteiger partial charge in [-0.05, 0) is 61.3 Å². The molecule has 4 amide bonds. The molecule has 3 N–H and O–H groups in total. The number of thiazole rings is 1. The Kier molecular flexibility index (Phi) is 18.5. The molecule has 2 aromatic heterocycles. The van der Waals surface area contributed by atoms with Crippen LogP contribution in [0.3, 0.4) is 0 Å². The first-order valence-corrected chi connectivity index (χ1v) is 29.0. The highest BCUT2D eigenvalue weighted by Crippen LogP contribution is 2.37. The van der Waals surface area contributed by atoms with Gasteiger partial charge < -0.3 is 39.7 Å². The van der Waals surface area contributed by atoms with Gasteiger partial charge in [-0.1, -0.05) is 99.8 Å². The van der Waals surface area contributed by atoms with Crippen molar-refractivity contribution in [1.82, 2.24) is 35.4 Å². The van der Waals surface area contributed by atoms with Gasteiger partial charge in [0.25, 0.3) is 0 Å². The van der Waals surface area contributed by atoms with Crippen molar-refractivity contribution in [2.75, 3.05) is 58.1 Å². The Morgan fingerprint density at radius 2 is 1.63 bits per heavy atom. The third-order valence-electron chi connectivity index (χ3n) is 13.7. The zero-order valence-corrected chi connectivity index (χ0v) is 45.6. The molecule has 5 aromatic rings. The number of aliphatic hydroxyl groups excluding tert-OH is 1. The van der Waals surface area contributed by atoms with Crippen molar-refractivity contribution in [3.63, 3.8) is 0 Å². The lowest BCUT2D eigenvalue weighted by molar-refractivity contribution is -0.144. The second-order valence-electron chi connectivity index (χ2n) is 20.6. The number of nitrogens with zero attached hydrogens (tertiary/aromatic N) is 6. The number of hydrogen-bond acceptors (Lipinski definition) is 12. The topological polar surface area (TPSA) is 187 Å². The molecular formula is C55H70ClN8O7PS. The standard InChI is InChI=1S/C55H70ClN8O7PS/c1-36-51(73-35-59-36)38-20-18-37(19-21-38)32-58-53(68)45-31-42(65)34-64(45)54(69)52(55(2,3)4)61-49(66)16-10-8-9-11-17-50(67)63-26-24-62(25-27-63)41-23-22-39(46(30-41)71-5)29-48-57-33-43(56)44(60-48)28-40-14-12-13-15-47(40)72(6,7)70/h12-15,18-23,30,33,35,42,45,52,65H,8-11,16-17,24-29,31-32,34H2,1-7H3,(H,58,68)(H,61,66)/t42-,45+,52-/m1/s1. The van der Waals surface area contributed by atoms with Crippen LogP contribution in [0.5, 0.6) is 5.75 Å². The normalized spacial score (nSPS) is 16.6. The number of unbranched alkanes of at least 4 members (excludes halogenated alkanes) is 3. The zero-order chi connectivity index (χ0) is 52.5. The quantitative estimate of drug-likeness (QED) is 0.0510. The van der Waals surface area contributed by atoms with Crippen LogP contribution in [0, 0.1) is 12.3 Å². The number of likely N-dealkylation sites (tertiary alicyclic amines) is 1. The van der Waals surface area contributed by atoms with E-state index < -0.39 is 36.7 Å². The Morgan fingerprint density at radius 3 is 2.30 bits per heavy atom. The minimum Gasteiger partial charge on any atom is -0.496 e. The number of halogens is 1. The summed E-state index contributed by atoms with van der Waals surface area (Å²) < 4.78 is 18.8. The molecule has 73 heavy (non-hydrogen) atoms. The molecule has 0 aliphatic carbocycles. The van der Waals surface area contributed by atoms with E-state index in [9.17, 15) is 28.8 Å². The summed E-state index contributed by atoms with van der Waals surface area (Å²) in [6.07, 6.45) is 5.30. The summed E-state index contributed by atoms with van der Waals surface area (Å²) >= 11 is 8.14. The van der Waals surface area contributed by atoms with Gasteiger partial charge in [0.05, 0.1) is 40.0 Å². The average Bonchev–Trinajstić information content (AvgIpc) is 3.99. The maximum Gasteiger partial charge on any atom is 0.246 e. The van der Waals surface area contributed by atoms with Crippen LogP contribution in [0.2, 0.25) is 5.02 Å². The predicted molar refractivity (Wildman–Crippen MR) is 289 cm³/mol. The van der Waals surface area contributed by atoms with Gasteiger partial charge in [0, 0.05) is 100 Å². The molecule has 2 fully saturated rings. The van der Waals surface area contributed by atoms with Crippen molar-refractivity contribution in [2.45, 2.75) is 110 Å². The summed E-state index contributed by atoms with van der Waals surface area (Å²) in [5, 5.41) is 17.8. The maximum absolute atomic E-state index is 14.1. The molecule has 4 heterocycles. The van der Waals surface area contributed by atoms with Crippen LogP contribution in [-0.2, 0) is 43.1 Å². The molecule has 2 aliphatic heterocycles. The summed E-state index contributed by atoms with van der Waals surface area (Å²) in [4.78, 5) is 74.4. The lowest BCUT2D eigenvalue weighted by atomic mass is 9.85. The Hall–Kier alpha value is -5.67. The first-order chi connectivity index (χ1) is 34.8. The molecule has 0 spiro atoms. The van der Waals surface area contributed by atoms with Gasteiger partial charge in [0.15, 0.2) is 0 Å². The fraction of sp³-hybridized carbons (Fsp3) is 0.473. The van der Waals surface area contributed by atoms with Crippen molar-refractivity contribution < 1.29 is 33.6 Å². The molecule has 0 bridgehead atoms. The van der Waals surface area contributed by atoms with Gasteiger partial charge in [-0.3, -0.25) is 19.2 Å². The number of rotatable bonds is 20. The van der Waals surface area contributed by atoms with E-state index in [1.807, 2.05) is 98.8 Å². The molecule has 15 nitrogen and oxygen atoms in total. The van der Waals surface area contributed by atoms with E-state index in [0.717, 1.165) is 62.4 Å². The number of ether oxygens (including phenoxy) is 1. The number of aryl methyl sites for hydroxylation is 1. The molecule has 3 atom stereocenters. The summed E-state index contributed by atoms with van der Waals surface area (Å²) in [6.45, 7) is 14.0. The molecular weight excluding hydrogens is 983 g/mol. The van der Waals surface area contributed by atoms with Crippen LogP contribution in [0.15, 0.2) is 78.4 Å². The second-order valence-corrected chi connectivity index (χ2v) is 25.1. The molecule has 7 rings (SSSR count). The molecule has 0 radical (unpaired) electrons. The summed E-state index contributed by atoms with van der Waals surface area (Å²) in [5.74, 6) is 0.446. The number of methoxy groups -OCH3 is 1. The number of nitrogens with one attached hydrogen (secondary N) is 2. The first kappa shape index (κ1) is 55.1. The van der Waals surface area contributed by atoms with E-state index in [1.165, 1.54) is 4.90 Å². The molecule has 2 aliphatic rings. The Balaban J connectivity index is 0.818. The lowest BCUT2D eigenvalue weighted by Gasteiger charge is -2.36. The molecule has 0 saturated carbocycles. The van der Waals surface area contributed by atoms with Crippen LogP contribution in [0.1, 0.15) is 99.6 Å². The van der Waals surface area contributed by atoms with Gasteiger partial charge in [0.2, 0.25) is 23.6 Å². The fourth-order valence-corrected chi connectivity index (χ4v) is 11.8. The van der Waals surface area contributed by atoms with Crippen molar-refractivity contribution in [1.29, 1.82) is 0 Å². The van der Waals surface area contributed by atoms with E-state index in [0.29, 0.717) is 74.8 Å². The van der Waals surface area contributed by atoms with Gasteiger partial charge in [0.1, 0.15) is 30.8 Å². The Bertz CT molecular complexity index is 2790. The maximum atomic E-state index is 14.1. The molecule has 0 unspecified atom stereocenters. The predicted octanol–water partition coefficient (Wildman–Crippen LogP) is 7.80. The fourth-order valence-electron chi connectivity index (χ4n) is 9.57.